The molecule has 0 aliphatic rings. The lowest BCUT2D eigenvalue weighted by atomic mass is 10.2. The van der Waals surface area contributed by atoms with Crippen molar-refractivity contribution in [3.63, 3.8) is 0 Å². The molecule has 1 heterocycles. The van der Waals surface area contributed by atoms with Gasteiger partial charge in [0.1, 0.15) is 0 Å². The molecule has 4 heteroatoms. The molecule has 1 aromatic carbocycles. The van der Waals surface area contributed by atoms with Crippen molar-refractivity contribution >= 4 is 17.4 Å². The molecule has 0 fully saturated rings. The predicted molar refractivity (Wildman–Crippen MR) is 77.5 cm³/mol. The van der Waals surface area contributed by atoms with Gasteiger partial charge in [-0.1, -0.05) is 12.1 Å². The van der Waals surface area contributed by atoms with E-state index in [1.165, 1.54) is 0 Å². The third-order valence-electron chi connectivity index (χ3n) is 2.81. The van der Waals surface area contributed by atoms with Crippen molar-refractivity contribution in [2.45, 2.75) is 13.8 Å². The van der Waals surface area contributed by atoms with Gasteiger partial charge in [0.2, 0.25) is 0 Å². The van der Waals surface area contributed by atoms with Crippen molar-refractivity contribution < 1.29 is 4.79 Å². The summed E-state index contributed by atoms with van der Waals surface area (Å²) in [5.41, 5.74) is 2.77. The number of carbonyl (C=O) groups is 1. The fraction of sp³-hybridized carbons (Fsp3) is 0.200. The van der Waals surface area contributed by atoms with E-state index in [0.717, 1.165) is 16.9 Å². The minimum absolute atomic E-state index is 0.140. The van der Waals surface area contributed by atoms with E-state index in [9.17, 15) is 4.79 Å². The highest BCUT2D eigenvalue weighted by molar-refractivity contribution is 6.01. The van der Waals surface area contributed by atoms with E-state index >= 15 is 0 Å². The number of benzene rings is 1. The minimum Gasteiger partial charge on any atom is -0.307 e. The standard InChI is InChI=1S/C15H17N3O/c1-3-18(14-6-4-5-12(2)11-14)15(19)17-13-7-9-16-10-8-13/h4-11H,3H2,1-2H3,(H,16,17,19). The Hall–Kier alpha value is -2.36. The van der Waals surface area contributed by atoms with Crippen LogP contribution in [0, 0.1) is 6.92 Å². The molecule has 0 unspecified atom stereocenters. The number of nitrogens with one attached hydrogen (secondary N) is 1. The lowest BCUT2D eigenvalue weighted by Gasteiger charge is -2.21. The average molecular weight is 255 g/mol. The van der Waals surface area contributed by atoms with Gasteiger partial charge in [-0.25, -0.2) is 4.79 Å². The summed E-state index contributed by atoms with van der Waals surface area (Å²) in [6.07, 6.45) is 3.30. The maximum Gasteiger partial charge on any atom is 0.326 e. The van der Waals surface area contributed by atoms with Gasteiger partial charge in [0.15, 0.2) is 0 Å². The molecule has 0 aliphatic carbocycles. The van der Waals surface area contributed by atoms with Crippen LogP contribution in [0.4, 0.5) is 16.2 Å². The van der Waals surface area contributed by atoms with Gasteiger partial charge in [0, 0.05) is 30.3 Å². The van der Waals surface area contributed by atoms with Gasteiger partial charge in [-0.05, 0) is 43.7 Å². The van der Waals surface area contributed by atoms with Crippen LogP contribution >= 0.6 is 0 Å². The number of hydrogen-bond donors (Lipinski definition) is 1. The van der Waals surface area contributed by atoms with E-state index in [-0.39, 0.29) is 6.03 Å². The molecule has 0 bridgehead atoms. The lowest BCUT2D eigenvalue weighted by molar-refractivity contribution is 0.257. The van der Waals surface area contributed by atoms with Crippen LogP contribution in [0.3, 0.4) is 0 Å². The molecular weight excluding hydrogens is 238 g/mol. The molecule has 2 amide bonds. The molecule has 1 N–H and O–H groups in total. The Morgan fingerprint density at radius 1 is 1.26 bits per heavy atom. The number of nitrogens with zero attached hydrogens (tertiary/aromatic N) is 2. The maximum atomic E-state index is 12.2. The zero-order chi connectivity index (χ0) is 13.7. The molecule has 0 aliphatic heterocycles. The van der Waals surface area contributed by atoms with Crippen molar-refractivity contribution in [2.24, 2.45) is 0 Å². The Balaban J connectivity index is 2.16. The molecule has 0 radical (unpaired) electrons. The number of carbonyl (C=O) groups excluding carboxylic acids is 1. The summed E-state index contributed by atoms with van der Waals surface area (Å²) >= 11 is 0. The molecule has 0 saturated carbocycles. The number of hydrogen-bond acceptors (Lipinski definition) is 2. The quantitative estimate of drug-likeness (QED) is 0.913. The van der Waals surface area contributed by atoms with E-state index in [1.807, 2.05) is 38.1 Å². The van der Waals surface area contributed by atoms with Gasteiger partial charge in [-0.15, -0.1) is 0 Å². The Labute approximate surface area is 113 Å². The predicted octanol–water partition coefficient (Wildman–Crippen LogP) is 3.45. The number of aromatic nitrogens is 1. The first-order valence-electron chi connectivity index (χ1n) is 6.26. The van der Waals surface area contributed by atoms with Crippen molar-refractivity contribution in [1.29, 1.82) is 0 Å². The number of anilines is 2. The van der Waals surface area contributed by atoms with Gasteiger partial charge >= 0.3 is 6.03 Å². The Bertz CT molecular complexity index is 554. The SMILES string of the molecule is CCN(C(=O)Nc1ccncc1)c1cccc(C)c1. The molecule has 0 atom stereocenters. The van der Waals surface area contributed by atoms with Crippen LogP contribution in [0.25, 0.3) is 0 Å². The lowest BCUT2D eigenvalue weighted by Crippen LogP contribution is -2.34. The highest BCUT2D eigenvalue weighted by atomic mass is 16.2. The topological polar surface area (TPSA) is 45.2 Å². The van der Waals surface area contributed by atoms with E-state index in [4.69, 9.17) is 0 Å². The fourth-order valence-electron chi connectivity index (χ4n) is 1.87. The van der Waals surface area contributed by atoms with Crippen LogP contribution < -0.4 is 10.2 Å². The summed E-state index contributed by atoms with van der Waals surface area (Å²) in [5, 5.41) is 2.86. The molecule has 0 saturated heterocycles. The number of pyridine rings is 1. The summed E-state index contributed by atoms with van der Waals surface area (Å²) in [4.78, 5) is 17.9. The summed E-state index contributed by atoms with van der Waals surface area (Å²) in [6, 6.07) is 11.3. The van der Waals surface area contributed by atoms with E-state index in [0.29, 0.717) is 6.54 Å². The first-order valence-corrected chi connectivity index (χ1v) is 6.26. The smallest absolute Gasteiger partial charge is 0.307 e. The number of rotatable bonds is 3. The minimum atomic E-state index is -0.140. The Morgan fingerprint density at radius 2 is 2.00 bits per heavy atom. The Morgan fingerprint density at radius 3 is 2.63 bits per heavy atom. The zero-order valence-electron chi connectivity index (χ0n) is 11.1. The molecule has 2 aromatic rings. The first-order chi connectivity index (χ1) is 9.20. The monoisotopic (exact) mass is 255 g/mol. The highest BCUT2D eigenvalue weighted by Gasteiger charge is 2.13. The van der Waals surface area contributed by atoms with Gasteiger partial charge in [0.05, 0.1) is 0 Å². The normalized spacial score (nSPS) is 10.0. The first kappa shape index (κ1) is 13.1. The molecule has 0 spiro atoms. The number of urea groups is 1. The van der Waals surface area contributed by atoms with Crippen LogP contribution in [0.2, 0.25) is 0 Å². The van der Waals surface area contributed by atoms with Crippen molar-refractivity contribution in [3.8, 4) is 0 Å². The average Bonchev–Trinajstić information content (AvgIpc) is 2.41. The molecule has 1 aromatic heterocycles. The summed E-state index contributed by atoms with van der Waals surface area (Å²) in [7, 11) is 0. The van der Waals surface area contributed by atoms with Crippen molar-refractivity contribution in [2.75, 3.05) is 16.8 Å². The van der Waals surface area contributed by atoms with Gasteiger partial charge in [0.25, 0.3) is 0 Å². The second-order valence-corrected chi connectivity index (χ2v) is 4.25. The summed E-state index contributed by atoms with van der Waals surface area (Å²) in [6.45, 7) is 4.58. The summed E-state index contributed by atoms with van der Waals surface area (Å²) < 4.78 is 0. The van der Waals surface area contributed by atoms with E-state index in [1.54, 1.807) is 29.4 Å². The molecule has 2 rings (SSSR count). The van der Waals surface area contributed by atoms with Crippen LogP contribution in [0.15, 0.2) is 48.8 Å². The summed E-state index contributed by atoms with van der Waals surface area (Å²) in [5.74, 6) is 0. The van der Waals surface area contributed by atoms with Crippen molar-refractivity contribution in [1.82, 2.24) is 4.98 Å². The molecular formula is C15H17N3O. The third-order valence-corrected chi connectivity index (χ3v) is 2.81. The third kappa shape index (κ3) is 3.31. The molecule has 4 nitrogen and oxygen atoms in total. The van der Waals surface area contributed by atoms with Crippen LogP contribution in [-0.4, -0.2) is 17.6 Å². The zero-order valence-corrected chi connectivity index (χ0v) is 11.1. The van der Waals surface area contributed by atoms with Crippen LogP contribution in [0.1, 0.15) is 12.5 Å². The van der Waals surface area contributed by atoms with Crippen molar-refractivity contribution in [3.05, 3.63) is 54.4 Å². The second-order valence-electron chi connectivity index (χ2n) is 4.25. The fourth-order valence-corrected chi connectivity index (χ4v) is 1.87. The maximum absolute atomic E-state index is 12.2. The van der Waals surface area contributed by atoms with Gasteiger partial charge < -0.3 is 5.32 Å². The number of amides is 2. The molecule has 98 valence electrons. The Kier molecular flexibility index (Phi) is 4.13. The number of aryl methyl sites for hydroxylation is 1. The van der Waals surface area contributed by atoms with E-state index < -0.39 is 0 Å². The van der Waals surface area contributed by atoms with Gasteiger partial charge in [-0.2, -0.15) is 0 Å². The van der Waals surface area contributed by atoms with E-state index in [2.05, 4.69) is 10.3 Å². The second kappa shape index (κ2) is 6.00. The van der Waals surface area contributed by atoms with Crippen LogP contribution in [-0.2, 0) is 0 Å². The van der Waals surface area contributed by atoms with Crippen LogP contribution in [0.5, 0.6) is 0 Å². The molecule has 19 heavy (non-hydrogen) atoms. The largest absolute Gasteiger partial charge is 0.326 e. The highest BCUT2D eigenvalue weighted by Crippen LogP contribution is 2.17. The van der Waals surface area contributed by atoms with Gasteiger partial charge in [-0.3, -0.25) is 9.88 Å².